The molecule has 0 heterocycles. The van der Waals surface area contributed by atoms with Crippen LogP contribution in [0.3, 0.4) is 0 Å². The lowest BCUT2D eigenvalue weighted by molar-refractivity contribution is 0.101. The molecule has 0 rings (SSSR count). The fourth-order valence-corrected chi connectivity index (χ4v) is 1.87. The Bertz CT molecular complexity index is 258. The highest BCUT2D eigenvalue weighted by Gasteiger charge is 2.24. The molecule has 0 fully saturated rings. The van der Waals surface area contributed by atoms with Gasteiger partial charge in [-0.1, -0.05) is 19.8 Å². The summed E-state index contributed by atoms with van der Waals surface area (Å²) < 4.78 is 20.2. The molecule has 0 saturated heterocycles. The van der Waals surface area contributed by atoms with Crippen molar-refractivity contribution < 1.29 is 18.5 Å². The number of unbranched alkanes of at least 4 members (excludes halogenated alkanes) is 1. The van der Waals surface area contributed by atoms with Crippen molar-refractivity contribution in [2.45, 2.75) is 45.6 Å². The maximum absolute atomic E-state index is 11.1. The first-order valence-electron chi connectivity index (χ1n) is 5.99. The number of hydrogen-bond donors (Lipinski definition) is 1. The van der Waals surface area contributed by atoms with Crippen molar-refractivity contribution in [2.75, 3.05) is 27.3 Å². The van der Waals surface area contributed by atoms with Gasteiger partial charge in [0.1, 0.15) is 0 Å². The smallest absolute Gasteiger partial charge is 0.303 e. The van der Waals surface area contributed by atoms with E-state index in [0.29, 0.717) is 6.54 Å². The number of phosphoric acid groups is 1. The summed E-state index contributed by atoms with van der Waals surface area (Å²) in [7, 11) is -0.673. The quantitative estimate of drug-likeness (QED) is 0.651. The molecule has 5 nitrogen and oxygen atoms in total. The second-order valence-corrected chi connectivity index (χ2v) is 6.38. The van der Waals surface area contributed by atoms with Crippen LogP contribution < -0.4 is 0 Å². The molecule has 0 aliphatic rings. The molecule has 0 aromatic rings. The molecule has 104 valence electrons. The van der Waals surface area contributed by atoms with Crippen LogP contribution in [0.4, 0.5) is 0 Å². The van der Waals surface area contributed by atoms with Gasteiger partial charge in [-0.2, -0.15) is 0 Å². The summed E-state index contributed by atoms with van der Waals surface area (Å²) in [6.45, 7) is 7.28. The van der Waals surface area contributed by atoms with Gasteiger partial charge >= 0.3 is 7.82 Å². The minimum absolute atomic E-state index is 0.0753. The van der Waals surface area contributed by atoms with E-state index in [4.69, 9.17) is 9.42 Å². The molecule has 1 atom stereocenters. The van der Waals surface area contributed by atoms with Crippen LogP contribution in [0, 0.1) is 0 Å². The molecule has 1 unspecified atom stereocenters. The standard InChI is InChI=1S/C11H26NO4P/c1-6-7-8-11(2,3)12(4)9-10-16-17(13,14)15-5/h6-10H2,1-5H3,(H,13,14). The Morgan fingerprint density at radius 1 is 1.41 bits per heavy atom. The Morgan fingerprint density at radius 3 is 2.47 bits per heavy atom. The van der Waals surface area contributed by atoms with Crippen LogP contribution in [0.25, 0.3) is 0 Å². The minimum atomic E-state index is -3.83. The van der Waals surface area contributed by atoms with Gasteiger partial charge in [0.15, 0.2) is 0 Å². The summed E-state index contributed by atoms with van der Waals surface area (Å²) in [6.07, 6.45) is 3.44. The second-order valence-electron chi connectivity index (χ2n) is 4.82. The highest BCUT2D eigenvalue weighted by Crippen LogP contribution is 2.41. The molecule has 0 bridgehead atoms. The van der Waals surface area contributed by atoms with Crippen molar-refractivity contribution in [3.8, 4) is 0 Å². The zero-order valence-corrected chi connectivity index (χ0v) is 12.5. The summed E-state index contributed by atoms with van der Waals surface area (Å²) in [4.78, 5) is 11.2. The number of likely N-dealkylation sites (N-methyl/N-ethyl adjacent to an activating group) is 1. The maximum atomic E-state index is 11.1. The topological polar surface area (TPSA) is 59.0 Å². The predicted octanol–water partition coefficient (Wildman–Crippen LogP) is 2.65. The van der Waals surface area contributed by atoms with Crippen LogP contribution in [0.15, 0.2) is 0 Å². The molecule has 0 aromatic heterocycles. The van der Waals surface area contributed by atoms with Crippen LogP contribution in [-0.4, -0.2) is 42.6 Å². The Hall–Kier alpha value is 0.0700. The van der Waals surface area contributed by atoms with Crippen LogP contribution in [-0.2, 0) is 13.6 Å². The van der Waals surface area contributed by atoms with Crippen LogP contribution in [0.2, 0.25) is 0 Å². The number of nitrogens with zero attached hydrogens (tertiary/aromatic N) is 1. The summed E-state index contributed by atoms with van der Waals surface area (Å²) in [5.41, 5.74) is 0.0753. The largest absolute Gasteiger partial charge is 0.471 e. The average Bonchev–Trinajstić information content (AvgIpc) is 2.26. The predicted molar refractivity (Wildman–Crippen MR) is 69.0 cm³/mol. The van der Waals surface area contributed by atoms with E-state index in [2.05, 4.69) is 30.2 Å². The Morgan fingerprint density at radius 2 is 2.00 bits per heavy atom. The Kier molecular flexibility index (Phi) is 7.52. The molecule has 0 spiro atoms. The van der Waals surface area contributed by atoms with Crippen LogP contribution in [0.1, 0.15) is 40.0 Å². The highest BCUT2D eigenvalue weighted by atomic mass is 31.2. The van der Waals surface area contributed by atoms with Gasteiger partial charge < -0.3 is 4.89 Å². The van der Waals surface area contributed by atoms with E-state index in [9.17, 15) is 4.57 Å². The van der Waals surface area contributed by atoms with Gasteiger partial charge in [0.05, 0.1) is 6.61 Å². The molecule has 0 aliphatic carbocycles. The van der Waals surface area contributed by atoms with Crippen molar-refractivity contribution >= 4 is 7.82 Å². The van der Waals surface area contributed by atoms with Gasteiger partial charge in [0.2, 0.25) is 0 Å². The van der Waals surface area contributed by atoms with Gasteiger partial charge in [-0.3, -0.25) is 13.9 Å². The van der Waals surface area contributed by atoms with Gasteiger partial charge in [-0.05, 0) is 27.3 Å². The van der Waals surface area contributed by atoms with E-state index >= 15 is 0 Å². The minimum Gasteiger partial charge on any atom is -0.303 e. The second kappa shape index (κ2) is 7.49. The lowest BCUT2D eigenvalue weighted by atomic mass is 9.96. The number of hydrogen-bond acceptors (Lipinski definition) is 4. The molecule has 0 radical (unpaired) electrons. The summed E-state index contributed by atoms with van der Waals surface area (Å²) in [6, 6.07) is 0. The van der Waals surface area contributed by atoms with E-state index < -0.39 is 7.82 Å². The Labute approximate surface area is 105 Å². The molecule has 0 aromatic carbocycles. The van der Waals surface area contributed by atoms with E-state index in [-0.39, 0.29) is 12.1 Å². The lowest BCUT2D eigenvalue weighted by Crippen LogP contribution is -2.42. The first-order chi connectivity index (χ1) is 7.75. The lowest BCUT2D eigenvalue weighted by Gasteiger charge is -2.35. The first-order valence-corrected chi connectivity index (χ1v) is 7.49. The van der Waals surface area contributed by atoms with Crippen molar-refractivity contribution in [1.29, 1.82) is 0 Å². The summed E-state index contributed by atoms with van der Waals surface area (Å²) >= 11 is 0. The van der Waals surface area contributed by atoms with Crippen LogP contribution >= 0.6 is 7.82 Å². The fraction of sp³-hybridized carbons (Fsp3) is 1.00. The average molecular weight is 267 g/mol. The third-order valence-corrected chi connectivity index (χ3v) is 4.06. The van der Waals surface area contributed by atoms with Gasteiger partial charge in [0, 0.05) is 19.2 Å². The normalized spacial score (nSPS) is 16.2. The fourth-order valence-electron chi connectivity index (χ4n) is 1.45. The van der Waals surface area contributed by atoms with Crippen molar-refractivity contribution in [3.63, 3.8) is 0 Å². The molecule has 17 heavy (non-hydrogen) atoms. The van der Waals surface area contributed by atoms with Gasteiger partial charge in [-0.25, -0.2) is 4.57 Å². The summed E-state index contributed by atoms with van der Waals surface area (Å²) in [5, 5.41) is 0. The monoisotopic (exact) mass is 267 g/mol. The van der Waals surface area contributed by atoms with E-state index in [1.54, 1.807) is 0 Å². The molecule has 0 saturated carbocycles. The van der Waals surface area contributed by atoms with Crippen molar-refractivity contribution in [2.24, 2.45) is 0 Å². The molecule has 0 aliphatic heterocycles. The maximum Gasteiger partial charge on any atom is 0.471 e. The number of phosphoric ester groups is 1. The highest BCUT2D eigenvalue weighted by molar-refractivity contribution is 7.47. The zero-order chi connectivity index (χ0) is 13.5. The zero-order valence-electron chi connectivity index (χ0n) is 11.6. The molecular weight excluding hydrogens is 241 g/mol. The van der Waals surface area contributed by atoms with Crippen LogP contribution in [0.5, 0.6) is 0 Å². The summed E-state index contributed by atoms with van der Waals surface area (Å²) in [5.74, 6) is 0. The first kappa shape index (κ1) is 17.1. The molecule has 0 amide bonds. The molecule has 6 heteroatoms. The van der Waals surface area contributed by atoms with Gasteiger partial charge in [0.25, 0.3) is 0 Å². The molecule has 1 N–H and O–H groups in total. The third kappa shape index (κ3) is 7.17. The number of rotatable bonds is 9. The third-order valence-electron chi connectivity index (χ3n) is 3.09. The van der Waals surface area contributed by atoms with E-state index in [1.165, 1.54) is 12.8 Å². The van der Waals surface area contributed by atoms with Gasteiger partial charge in [-0.15, -0.1) is 0 Å². The van der Waals surface area contributed by atoms with E-state index in [1.807, 2.05) is 7.05 Å². The Balaban J connectivity index is 4.00. The van der Waals surface area contributed by atoms with Crippen molar-refractivity contribution in [3.05, 3.63) is 0 Å². The van der Waals surface area contributed by atoms with Crippen molar-refractivity contribution in [1.82, 2.24) is 4.90 Å². The SMILES string of the molecule is CCCCC(C)(C)N(C)CCOP(=O)(O)OC. The van der Waals surface area contributed by atoms with E-state index in [0.717, 1.165) is 13.5 Å². The molecular formula is C11H26NO4P.